The molecule has 3 rings (SSSR count). The molecule has 38 heavy (non-hydrogen) atoms. The van der Waals surface area contributed by atoms with E-state index in [1.807, 2.05) is 0 Å². The zero-order valence-electron chi connectivity index (χ0n) is 20.9. The summed E-state index contributed by atoms with van der Waals surface area (Å²) >= 11 is 0. The molecule has 15 heteroatoms. The van der Waals surface area contributed by atoms with E-state index in [0.29, 0.717) is 17.8 Å². The molecule has 0 aromatic carbocycles. The maximum Gasteiger partial charge on any atom is 0.413 e. The monoisotopic (exact) mass is 528 g/mol. The largest absolute Gasteiger partial charge is 0.441 e. The lowest BCUT2D eigenvalue weighted by Crippen LogP contribution is -2.39. The SMILES string of the molecule is C[C@@H](OC(=O)N/C(=C(/N)c1ccc(NC(=O)c2cnc(N(C)C)nc2)cn1)N(C)N)c1cc(F)cnc1F. The number of aromatic nitrogens is 4. The summed E-state index contributed by atoms with van der Waals surface area (Å²) in [5.74, 6) is 3.97. The van der Waals surface area contributed by atoms with E-state index in [9.17, 15) is 18.4 Å². The van der Waals surface area contributed by atoms with Gasteiger partial charge in [0.1, 0.15) is 17.6 Å². The molecule has 0 bridgehead atoms. The summed E-state index contributed by atoms with van der Waals surface area (Å²) in [6.45, 7) is 1.34. The average molecular weight is 529 g/mol. The first kappa shape index (κ1) is 27.7. The van der Waals surface area contributed by atoms with E-state index < -0.39 is 29.9 Å². The number of hydrazine groups is 1. The molecule has 3 aromatic heterocycles. The second-order valence-electron chi connectivity index (χ2n) is 8.13. The molecule has 0 aliphatic carbocycles. The molecule has 6 N–H and O–H groups in total. The van der Waals surface area contributed by atoms with Crippen molar-refractivity contribution < 1.29 is 23.1 Å². The van der Waals surface area contributed by atoms with Crippen molar-refractivity contribution in [2.24, 2.45) is 11.6 Å². The standard InChI is InChI=1S/C23H26F2N10O3/c1-12(16-7-14(24)10-29-19(16)25)38-23(37)33-20(35(4)27)18(26)17-6-5-15(11-28-17)32-21(36)13-8-30-22(31-9-13)34(2)3/h5-12H,26-27H2,1-4H3,(H,32,36)(H,33,37)/b20-18-/t12-/m1/s1. The smallest absolute Gasteiger partial charge is 0.413 e. The number of amides is 2. The first-order chi connectivity index (χ1) is 18.0. The molecular formula is C23H26F2N10O3. The maximum absolute atomic E-state index is 13.9. The van der Waals surface area contributed by atoms with Crippen LogP contribution in [0.25, 0.3) is 5.70 Å². The highest BCUT2D eigenvalue weighted by Crippen LogP contribution is 2.21. The van der Waals surface area contributed by atoms with Crippen LogP contribution in [0.15, 0.2) is 48.8 Å². The van der Waals surface area contributed by atoms with E-state index in [0.717, 1.165) is 11.1 Å². The van der Waals surface area contributed by atoms with Gasteiger partial charge in [-0.3, -0.25) is 20.1 Å². The lowest BCUT2D eigenvalue weighted by atomic mass is 10.2. The van der Waals surface area contributed by atoms with Gasteiger partial charge in [0.15, 0.2) is 5.82 Å². The number of carbonyl (C=O) groups is 2. The highest BCUT2D eigenvalue weighted by Gasteiger charge is 2.20. The Hall–Kier alpha value is -4.92. The van der Waals surface area contributed by atoms with Crippen molar-refractivity contribution in [3.63, 3.8) is 0 Å². The fourth-order valence-electron chi connectivity index (χ4n) is 3.04. The predicted molar refractivity (Wildman–Crippen MR) is 134 cm³/mol. The molecule has 3 aromatic rings. The van der Waals surface area contributed by atoms with Crippen LogP contribution in [0, 0.1) is 11.8 Å². The van der Waals surface area contributed by atoms with Crippen molar-refractivity contribution in [1.82, 2.24) is 30.3 Å². The molecule has 1 atom stereocenters. The third kappa shape index (κ3) is 6.85. The minimum atomic E-state index is -1.17. The number of nitrogens with one attached hydrogen (secondary N) is 2. The van der Waals surface area contributed by atoms with Gasteiger partial charge in [-0.1, -0.05) is 0 Å². The molecule has 0 unspecified atom stereocenters. The van der Waals surface area contributed by atoms with Gasteiger partial charge in [-0.25, -0.2) is 30.0 Å². The Morgan fingerprint density at radius 3 is 2.29 bits per heavy atom. The zero-order valence-corrected chi connectivity index (χ0v) is 20.9. The van der Waals surface area contributed by atoms with Crippen LogP contribution in [0.1, 0.15) is 34.6 Å². The number of rotatable bonds is 8. The Labute approximate surface area is 216 Å². The number of nitrogens with two attached hydrogens (primary N) is 2. The van der Waals surface area contributed by atoms with E-state index in [1.54, 1.807) is 19.0 Å². The number of ether oxygens (including phenoxy) is 1. The van der Waals surface area contributed by atoms with Crippen molar-refractivity contribution in [1.29, 1.82) is 0 Å². The molecule has 2 amide bonds. The summed E-state index contributed by atoms with van der Waals surface area (Å²) in [7, 11) is 4.96. The van der Waals surface area contributed by atoms with Gasteiger partial charge in [0, 0.05) is 33.5 Å². The van der Waals surface area contributed by atoms with Crippen molar-refractivity contribution in [3.8, 4) is 0 Å². The van der Waals surface area contributed by atoms with Crippen LogP contribution in [0.5, 0.6) is 0 Å². The number of pyridine rings is 2. The topological polar surface area (TPSA) is 178 Å². The molecule has 0 radical (unpaired) electrons. The van der Waals surface area contributed by atoms with E-state index >= 15 is 0 Å². The lowest BCUT2D eigenvalue weighted by molar-refractivity contribution is 0.102. The van der Waals surface area contributed by atoms with Crippen LogP contribution in [0.2, 0.25) is 0 Å². The van der Waals surface area contributed by atoms with E-state index in [1.165, 1.54) is 44.7 Å². The highest BCUT2D eigenvalue weighted by atomic mass is 19.1. The number of halogens is 2. The van der Waals surface area contributed by atoms with Crippen LogP contribution in [0.3, 0.4) is 0 Å². The van der Waals surface area contributed by atoms with Crippen molar-refractivity contribution in [3.05, 3.63) is 77.4 Å². The maximum atomic E-state index is 13.9. The summed E-state index contributed by atoms with van der Waals surface area (Å²) in [6.07, 6.45) is 2.64. The van der Waals surface area contributed by atoms with Crippen LogP contribution >= 0.6 is 0 Å². The highest BCUT2D eigenvalue weighted by molar-refractivity contribution is 6.03. The van der Waals surface area contributed by atoms with Gasteiger partial charge in [0.25, 0.3) is 5.91 Å². The minimum Gasteiger partial charge on any atom is -0.441 e. The number of carbonyl (C=O) groups excluding carboxylic acids is 2. The molecule has 0 spiro atoms. The Morgan fingerprint density at radius 1 is 1.03 bits per heavy atom. The fraction of sp³-hybridized carbons (Fsp3) is 0.217. The quantitative estimate of drug-likeness (QED) is 0.190. The van der Waals surface area contributed by atoms with Gasteiger partial charge in [0.2, 0.25) is 11.9 Å². The van der Waals surface area contributed by atoms with Crippen molar-refractivity contribution >= 4 is 29.3 Å². The lowest BCUT2D eigenvalue weighted by Gasteiger charge is -2.21. The van der Waals surface area contributed by atoms with Crippen molar-refractivity contribution in [2.45, 2.75) is 13.0 Å². The zero-order chi connectivity index (χ0) is 28.0. The van der Waals surface area contributed by atoms with Gasteiger partial charge in [-0.15, -0.1) is 0 Å². The molecule has 0 fully saturated rings. The summed E-state index contributed by atoms with van der Waals surface area (Å²) in [5, 5.41) is 6.04. The first-order valence-corrected chi connectivity index (χ1v) is 11.0. The molecule has 13 nitrogen and oxygen atoms in total. The van der Waals surface area contributed by atoms with E-state index in [-0.39, 0.29) is 28.3 Å². The van der Waals surface area contributed by atoms with E-state index in [2.05, 4.69) is 30.6 Å². The summed E-state index contributed by atoms with van der Waals surface area (Å²) in [4.78, 5) is 42.2. The van der Waals surface area contributed by atoms with Crippen LogP contribution in [0.4, 0.5) is 25.2 Å². The Bertz CT molecular complexity index is 1330. The molecule has 200 valence electrons. The molecule has 0 aliphatic heterocycles. The Balaban J connectivity index is 1.70. The number of anilines is 2. The van der Waals surface area contributed by atoms with Crippen LogP contribution in [-0.4, -0.2) is 58.1 Å². The molecule has 0 saturated heterocycles. The number of hydrogen-bond acceptors (Lipinski definition) is 11. The first-order valence-electron chi connectivity index (χ1n) is 11.0. The minimum absolute atomic E-state index is 0.0382. The van der Waals surface area contributed by atoms with Gasteiger partial charge in [0.05, 0.1) is 34.9 Å². The second kappa shape index (κ2) is 11.9. The number of nitrogens with zero attached hydrogens (tertiary/aromatic N) is 6. The van der Waals surface area contributed by atoms with Gasteiger partial charge >= 0.3 is 6.09 Å². The number of hydrogen-bond donors (Lipinski definition) is 4. The summed E-state index contributed by atoms with van der Waals surface area (Å²) < 4.78 is 32.4. The normalized spacial score (nSPS) is 12.2. The van der Waals surface area contributed by atoms with Crippen LogP contribution < -0.4 is 27.1 Å². The van der Waals surface area contributed by atoms with Gasteiger partial charge < -0.3 is 20.7 Å². The predicted octanol–water partition coefficient (Wildman–Crippen LogP) is 1.74. The average Bonchev–Trinajstić information content (AvgIpc) is 2.88. The van der Waals surface area contributed by atoms with Crippen LogP contribution in [-0.2, 0) is 4.74 Å². The molecule has 3 heterocycles. The van der Waals surface area contributed by atoms with Gasteiger partial charge in [-0.2, -0.15) is 4.39 Å². The Kier molecular flexibility index (Phi) is 8.65. The summed E-state index contributed by atoms with van der Waals surface area (Å²) in [6, 6.07) is 3.90. The third-order valence-electron chi connectivity index (χ3n) is 4.98. The second-order valence-corrected chi connectivity index (χ2v) is 8.13. The third-order valence-corrected chi connectivity index (χ3v) is 4.98. The number of alkyl carbamates (subject to hydrolysis) is 1. The summed E-state index contributed by atoms with van der Waals surface area (Å²) in [5.41, 5.74) is 6.68. The van der Waals surface area contributed by atoms with Crippen molar-refractivity contribution in [2.75, 3.05) is 31.4 Å². The molecule has 0 aliphatic rings. The van der Waals surface area contributed by atoms with Gasteiger partial charge in [-0.05, 0) is 25.1 Å². The molecule has 0 saturated carbocycles. The fourth-order valence-corrected chi connectivity index (χ4v) is 3.04. The van der Waals surface area contributed by atoms with E-state index in [4.69, 9.17) is 16.3 Å². The molecular weight excluding hydrogens is 502 g/mol. The Morgan fingerprint density at radius 2 is 1.71 bits per heavy atom.